The van der Waals surface area contributed by atoms with E-state index >= 15 is 0 Å². The molecule has 0 bridgehead atoms. The van der Waals surface area contributed by atoms with Gasteiger partial charge in [0.05, 0.1) is 25.3 Å². The van der Waals surface area contributed by atoms with Gasteiger partial charge < -0.3 is 14.8 Å². The molecular weight excluding hydrogens is 316 g/mol. The third-order valence-corrected chi connectivity index (χ3v) is 4.34. The molecule has 5 heteroatoms. The maximum absolute atomic E-state index is 11.4. The Balaban J connectivity index is 1.68. The van der Waals surface area contributed by atoms with Crippen LogP contribution in [0, 0.1) is 11.3 Å². The molecule has 1 fully saturated rings. The van der Waals surface area contributed by atoms with Gasteiger partial charge in [0.1, 0.15) is 0 Å². The lowest BCUT2D eigenvalue weighted by Gasteiger charge is -2.14. The number of carbonyl (C=O) groups is 1. The molecule has 1 amide bonds. The molecule has 25 heavy (non-hydrogen) atoms. The van der Waals surface area contributed by atoms with Crippen LogP contribution in [-0.4, -0.2) is 26.2 Å². The van der Waals surface area contributed by atoms with E-state index in [1.807, 2.05) is 36.4 Å². The largest absolute Gasteiger partial charge is 0.493 e. The highest BCUT2D eigenvalue weighted by molar-refractivity contribution is 5.79. The van der Waals surface area contributed by atoms with Gasteiger partial charge in [0.25, 0.3) is 0 Å². The maximum atomic E-state index is 11.4. The molecule has 0 spiro atoms. The minimum absolute atomic E-state index is 0.0839. The predicted octanol–water partition coefficient (Wildman–Crippen LogP) is 2.79. The Morgan fingerprint density at radius 2 is 2.12 bits per heavy atom. The van der Waals surface area contributed by atoms with Gasteiger partial charge in [0, 0.05) is 25.3 Å². The maximum Gasteiger partial charge on any atom is 0.220 e. The van der Waals surface area contributed by atoms with Crippen molar-refractivity contribution < 1.29 is 14.3 Å². The van der Waals surface area contributed by atoms with Crippen molar-refractivity contribution in [1.82, 2.24) is 5.32 Å². The van der Waals surface area contributed by atoms with Gasteiger partial charge in [-0.2, -0.15) is 5.26 Å². The van der Waals surface area contributed by atoms with Crippen LogP contribution in [0.2, 0.25) is 0 Å². The Labute approximate surface area is 147 Å². The Morgan fingerprint density at radius 3 is 2.84 bits per heavy atom. The topological polar surface area (TPSA) is 71.3 Å². The Morgan fingerprint density at radius 1 is 1.24 bits per heavy atom. The summed E-state index contributed by atoms with van der Waals surface area (Å²) in [4.78, 5) is 11.4. The van der Waals surface area contributed by atoms with E-state index in [2.05, 4.69) is 11.4 Å². The minimum atomic E-state index is 0.0839. The average Bonchev–Trinajstić information content (AvgIpc) is 3.08. The summed E-state index contributed by atoms with van der Waals surface area (Å²) in [7, 11) is 1.61. The molecule has 1 aliphatic heterocycles. The van der Waals surface area contributed by atoms with Crippen molar-refractivity contribution >= 4 is 5.91 Å². The van der Waals surface area contributed by atoms with Crippen molar-refractivity contribution in [1.29, 1.82) is 5.26 Å². The average molecular weight is 336 g/mol. The molecule has 2 aromatic carbocycles. The lowest BCUT2D eigenvalue weighted by Crippen LogP contribution is -2.13. The SMILES string of the molecule is COc1ccc(C2CNC(=O)C2)cc1OCCc1cccc(C#N)c1. The zero-order chi connectivity index (χ0) is 17.6. The highest BCUT2D eigenvalue weighted by Crippen LogP contribution is 2.33. The first-order valence-corrected chi connectivity index (χ1v) is 8.26. The molecule has 1 saturated heterocycles. The molecule has 1 atom stereocenters. The second-order valence-corrected chi connectivity index (χ2v) is 6.03. The third-order valence-electron chi connectivity index (χ3n) is 4.34. The van der Waals surface area contributed by atoms with Gasteiger partial charge in [-0.3, -0.25) is 4.79 Å². The van der Waals surface area contributed by atoms with Gasteiger partial charge in [-0.05, 0) is 35.4 Å². The fourth-order valence-corrected chi connectivity index (χ4v) is 2.98. The Kier molecular flexibility index (Phi) is 5.20. The molecule has 0 aliphatic carbocycles. The second kappa shape index (κ2) is 7.71. The van der Waals surface area contributed by atoms with Crippen LogP contribution in [0.1, 0.15) is 29.0 Å². The molecule has 2 aromatic rings. The molecule has 0 aromatic heterocycles. The fraction of sp³-hybridized carbons (Fsp3) is 0.300. The highest BCUT2D eigenvalue weighted by atomic mass is 16.5. The van der Waals surface area contributed by atoms with Crippen LogP contribution in [0.25, 0.3) is 0 Å². The zero-order valence-corrected chi connectivity index (χ0v) is 14.1. The van der Waals surface area contributed by atoms with E-state index in [0.29, 0.717) is 43.1 Å². The van der Waals surface area contributed by atoms with E-state index in [-0.39, 0.29) is 11.8 Å². The van der Waals surface area contributed by atoms with E-state index in [1.165, 1.54) is 0 Å². The zero-order valence-electron chi connectivity index (χ0n) is 14.1. The number of benzene rings is 2. The van der Waals surface area contributed by atoms with E-state index < -0.39 is 0 Å². The summed E-state index contributed by atoms with van der Waals surface area (Å²) in [6, 6.07) is 15.5. The van der Waals surface area contributed by atoms with Crippen molar-refractivity contribution in [2.45, 2.75) is 18.8 Å². The molecule has 128 valence electrons. The molecule has 1 aliphatic rings. The summed E-state index contributed by atoms with van der Waals surface area (Å²) in [5.41, 5.74) is 2.77. The van der Waals surface area contributed by atoms with Crippen molar-refractivity contribution in [3.8, 4) is 17.6 Å². The van der Waals surface area contributed by atoms with Gasteiger partial charge in [-0.1, -0.05) is 18.2 Å². The summed E-state index contributed by atoms with van der Waals surface area (Å²) in [6.45, 7) is 1.14. The highest BCUT2D eigenvalue weighted by Gasteiger charge is 2.24. The number of hydrogen-bond acceptors (Lipinski definition) is 4. The molecule has 0 radical (unpaired) electrons. The van der Waals surface area contributed by atoms with Gasteiger partial charge >= 0.3 is 0 Å². The van der Waals surface area contributed by atoms with Crippen LogP contribution in [0.3, 0.4) is 0 Å². The van der Waals surface area contributed by atoms with Crippen molar-refractivity contribution in [3.05, 3.63) is 59.2 Å². The minimum Gasteiger partial charge on any atom is -0.493 e. The van der Waals surface area contributed by atoms with Crippen LogP contribution >= 0.6 is 0 Å². The summed E-state index contributed by atoms with van der Waals surface area (Å²) in [5.74, 6) is 1.61. The number of methoxy groups -OCH3 is 1. The Bertz CT molecular complexity index is 811. The van der Waals surface area contributed by atoms with Crippen molar-refractivity contribution in [2.24, 2.45) is 0 Å². The van der Waals surface area contributed by atoms with Crippen LogP contribution in [-0.2, 0) is 11.2 Å². The van der Waals surface area contributed by atoms with E-state index in [0.717, 1.165) is 11.1 Å². The number of hydrogen-bond donors (Lipinski definition) is 1. The first kappa shape index (κ1) is 16.8. The van der Waals surface area contributed by atoms with E-state index in [4.69, 9.17) is 14.7 Å². The first-order chi connectivity index (χ1) is 12.2. The summed E-state index contributed by atoms with van der Waals surface area (Å²) in [6.07, 6.45) is 1.21. The molecule has 1 N–H and O–H groups in total. The standard InChI is InChI=1S/C20H20N2O3/c1-24-18-6-5-16(17-11-20(23)22-13-17)10-19(18)25-8-7-14-3-2-4-15(9-14)12-21/h2-6,9-10,17H,7-8,11,13H2,1H3,(H,22,23). The van der Waals surface area contributed by atoms with Crippen LogP contribution in [0.15, 0.2) is 42.5 Å². The van der Waals surface area contributed by atoms with Gasteiger partial charge in [-0.15, -0.1) is 0 Å². The molecule has 0 saturated carbocycles. The molecule has 5 nitrogen and oxygen atoms in total. The quantitative estimate of drug-likeness (QED) is 0.880. The van der Waals surface area contributed by atoms with Gasteiger partial charge in [-0.25, -0.2) is 0 Å². The van der Waals surface area contributed by atoms with E-state index in [1.54, 1.807) is 13.2 Å². The third kappa shape index (κ3) is 4.10. The van der Waals surface area contributed by atoms with Crippen LogP contribution < -0.4 is 14.8 Å². The number of nitriles is 1. The van der Waals surface area contributed by atoms with Crippen molar-refractivity contribution in [2.75, 3.05) is 20.3 Å². The summed E-state index contributed by atoms with van der Waals surface area (Å²) in [5, 5.41) is 11.8. The number of amides is 1. The van der Waals surface area contributed by atoms with E-state index in [9.17, 15) is 4.79 Å². The summed E-state index contributed by atoms with van der Waals surface area (Å²) < 4.78 is 11.3. The predicted molar refractivity (Wildman–Crippen MR) is 93.7 cm³/mol. The molecular formula is C20H20N2O3. The van der Waals surface area contributed by atoms with Gasteiger partial charge in [0.15, 0.2) is 11.5 Å². The van der Waals surface area contributed by atoms with Crippen molar-refractivity contribution in [3.63, 3.8) is 0 Å². The molecule has 1 unspecified atom stereocenters. The smallest absolute Gasteiger partial charge is 0.220 e. The Hall–Kier alpha value is -3.00. The molecule has 1 heterocycles. The van der Waals surface area contributed by atoms with Crippen LogP contribution in [0.5, 0.6) is 11.5 Å². The van der Waals surface area contributed by atoms with Gasteiger partial charge in [0.2, 0.25) is 5.91 Å². The van der Waals surface area contributed by atoms with Crippen LogP contribution in [0.4, 0.5) is 0 Å². The monoisotopic (exact) mass is 336 g/mol. The first-order valence-electron chi connectivity index (χ1n) is 8.26. The lowest BCUT2D eigenvalue weighted by molar-refractivity contribution is -0.119. The summed E-state index contributed by atoms with van der Waals surface area (Å²) >= 11 is 0. The normalized spacial score (nSPS) is 16.2. The number of nitrogens with one attached hydrogen (secondary N) is 1. The number of nitrogens with zero attached hydrogens (tertiary/aromatic N) is 1. The number of rotatable bonds is 6. The number of carbonyl (C=O) groups excluding carboxylic acids is 1. The second-order valence-electron chi connectivity index (χ2n) is 6.03. The molecule has 3 rings (SSSR count). The fourth-order valence-electron chi connectivity index (χ4n) is 2.98. The number of ether oxygens (including phenoxy) is 2. The lowest BCUT2D eigenvalue weighted by atomic mass is 9.98.